The van der Waals surface area contributed by atoms with Crippen LogP contribution in [0.5, 0.6) is 0 Å². The summed E-state index contributed by atoms with van der Waals surface area (Å²) in [5.41, 5.74) is 0.210. The molecule has 0 aromatic heterocycles. The van der Waals surface area contributed by atoms with Gasteiger partial charge >= 0.3 is 0 Å². The minimum absolute atomic E-state index is 0.228. The lowest BCUT2D eigenvalue weighted by atomic mass is 10.0. The van der Waals surface area contributed by atoms with Crippen molar-refractivity contribution in [1.82, 2.24) is 0 Å². The highest BCUT2D eigenvalue weighted by molar-refractivity contribution is 6.08. The standard InChI is InChI=1S/C24H20F4N2O2/c1-11-5-7-13(3)15(9-11)29-23(31)17-19(25)21(27)18(22(28)20(17)26)24(32)30-16-10-12(2)6-8-14(16)4/h5-10H,1-4H3,(H,29,31)(H,30,32). The van der Waals surface area contributed by atoms with E-state index in [2.05, 4.69) is 10.6 Å². The first-order chi connectivity index (χ1) is 15.0. The maximum Gasteiger partial charge on any atom is 0.261 e. The number of anilines is 2. The van der Waals surface area contributed by atoms with Crippen molar-refractivity contribution >= 4 is 23.2 Å². The molecule has 0 spiro atoms. The van der Waals surface area contributed by atoms with E-state index in [0.29, 0.717) is 11.1 Å². The maximum absolute atomic E-state index is 14.7. The molecule has 0 aliphatic rings. The fourth-order valence-corrected chi connectivity index (χ4v) is 3.14. The molecule has 3 aromatic rings. The molecule has 0 bridgehead atoms. The molecule has 0 saturated carbocycles. The summed E-state index contributed by atoms with van der Waals surface area (Å²) in [6.07, 6.45) is 0. The number of aryl methyl sites for hydroxylation is 4. The summed E-state index contributed by atoms with van der Waals surface area (Å²) < 4.78 is 58.6. The SMILES string of the molecule is Cc1ccc(C)c(NC(=O)c2c(F)c(F)c(C(=O)Nc3cc(C)ccc3C)c(F)c2F)c1. The molecule has 3 aromatic carbocycles. The third-order valence-corrected chi connectivity index (χ3v) is 5.00. The van der Waals surface area contributed by atoms with Gasteiger partial charge in [-0.2, -0.15) is 0 Å². The lowest BCUT2D eigenvalue weighted by Gasteiger charge is -2.14. The average Bonchev–Trinajstić information content (AvgIpc) is 2.72. The predicted octanol–water partition coefficient (Wildman–Crippen LogP) is 5.98. The van der Waals surface area contributed by atoms with Crippen molar-refractivity contribution in [3.8, 4) is 0 Å². The van der Waals surface area contributed by atoms with E-state index in [1.165, 1.54) is 0 Å². The van der Waals surface area contributed by atoms with Gasteiger partial charge in [-0.3, -0.25) is 9.59 Å². The fraction of sp³-hybridized carbons (Fsp3) is 0.167. The Balaban J connectivity index is 2.00. The zero-order valence-corrected chi connectivity index (χ0v) is 17.8. The van der Waals surface area contributed by atoms with Crippen molar-refractivity contribution in [3.05, 3.63) is 93.0 Å². The molecule has 0 radical (unpaired) electrons. The van der Waals surface area contributed by atoms with Gasteiger partial charge in [-0.15, -0.1) is 0 Å². The van der Waals surface area contributed by atoms with Crippen LogP contribution in [0.3, 0.4) is 0 Å². The number of nitrogens with one attached hydrogen (secondary N) is 2. The molecule has 0 unspecified atom stereocenters. The van der Waals surface area contributed by atoms with Crippen LogP contribution < -0.4 is 10.6 Å². The van der Waals surface area contributed by atoms with E-state index < -0.39 is 46.2 Å². The first-order valence-electron chi connectivity index (χ1n) is 9.64. The molecule has 0 fully saturated rings. The lowest BCUT2D eigenvalue weighted by Crippen LogP contribution is -2.24. The Labute approximate surface area is 182 Å². The molecule has 0 saturated heterocycles. The molecular weight excluding hydrogens is 424 g/mol. The summed E-state index contributed by atoms with van der Waals surface area (Å²) in [5, 5.41) is 4.51. The van der Waals surface area contributed by atoms with E-state index in [0.717, 1.165) is 11.1 Å². The highest BCUT2D eigenvalue weighted by atomic mass is 19.2. The van der Waals surface area contributed by atoms with Crippen LogP contribution in [0, 0.1) is 51.0 Å². The van der Waals surface area contributed by atoms with Crippen molar-refractivity contribution in [2.24, 2.45) is 0 Å². The number of carbonyl (C=O) groups excluding carboxylic acids is 2. The number of amides is 2. The zero-order valence-electron chi connectivity index (χ0n) is 17.8. The molecule has 0 heterocycles. The minimum atomic E-state index is -1.96. The Morgan fingerprint density at radius 2 is 0.906 bits per heavy atom. The van der Waals surface area contributed by atoms with Crippen LogP contribution in [0.15, 0.2) is 36.4 Å². The van der Waals surface area contributed by atoms with Gasteiger partial charge in [0, 0.05) is 11.4 Å². The number of benzene rings is 3. The topological polar surface area (TPSA) is 58.2 Å². The van der Waals surface area contributed by atoms with Crippen molar-refractivity contribution in [3.63, 3.8) is 0 Å². The van der Waals surface area contributed by atoms with Gasteiger partial charge < -0.3 is 10.6 Å². The largest absolute Gasteiger partial charge is 0.322 e. The van der Waals surface area contributed by atoms with E-state index in [9.17, 15) is 27.2 Å². The normalized spacial score (nSPS) is 10.8. The fourth-order valence-electron chi connectivity index (χ4n) is 3.14. The molecule has 2 N–H and O–H groups in total. The molecule has 4 nitrogen and oxygen atoms in total. The monoisotopic (exact) mass is 444 g/mol. The Morgan fingerprint density at radius 1 is 0.594 bits per heavy atom. The second kappa shape index (κ2) is 8.82. The third-order valence-electron chi connectivity index (χ3n) is 5.00. The van der Waals surface area contributed by atoms with Gasteiger partial charge in [0.2, 0.25) is 0 Å². The van der Waals surface area contributed by atoms with Crippen LogP contribution in [0.1, 0.15) is 43.0 Å². The average molecular weight is 444 g/mol. The summed E-state index contributed by atoms with van der Waals surface area (Å²) in [6, 6.07) is 9.94. The van der Waals surface area contributed by atoms with Crippen LogP contribution in [0.4, 0.5) is 28.9 Å². The second-order valence-electron chi connectivity index (χ2n) is 7.55. The molecule has 0 aliphatic heterocycles. The molecule has 32 heavy (non-hydrogen) atoms. The van der Waals surface area contributed by atoms with Gasteiger partial charge in [0.1, 0.15) is 11.1 Å². The molecule has 0 aliphatic carbocycles. The smallest absolute Gasteiger partial charge is 0.261 e. The van der Waals surface area contributed by atoms with Gasteiger partial charge in [-0.25, -0.2) is 17.6 Å². The number of halogens is 4. The Hall–Kier alpha value is -3.68. The van der Waals surface area contributed by atoms with Crippen LogP contribution in [0.2, 0.25) is 0 Å². The van der Waals surface area contributed by atoms with E-state index in [4.69, 9.17) is 0 Å². The van der Waals surface area contributed by atoms with Crippen molar-refractivity contribution in [2.45, 2.75) is 27.7 Å². The van der Waals surface area contributed by atoms with Crippen molar-refractivity contribution in [2.75, 3.05) is 10.6 Å². The van der Waals surface area contributed by atoms with Crippen LogP contribution in [-0.2, 0) is 0 Å². The van der Waals surface area contributed by atoms with Crippen LogP contribution in [-0.4, -0.2) is 11.8 Å². The predicted molar refractivity (Wildman–Crippen MR) is 114 cm³/mol. The third kappa shape index (κ3) is 4.34. The van der Waals surface area contributed by atoms with Gasteiger partial charge in [0.15, 0.2) is 23.3 Å². The molecule has 2 amide bonds. The zero-order chi connectivity index (χ0) is 23.7. The number of rotatable bonds is 4. The second-order valence-corrected chi connectivity index (χ2v) is 7.55. The highest BCUT2D eigenvalue weighted by Crippen LogP contribution is 2.27. The first-order valence-corrected chi connectivity index (χ1v) is 9.64. The number of hydrogen-bond acceptors (Lipinski definition) is 2. The van der Waals surface area contributed by atoms with Gasteiger partial charge in [0.25, 0.3) is 11.8 Å². The molecule has 0 atom stereocenters. The minimum Gasteiger partial charge on any atom is -0.322 e. The van der Waals surface area contributed by atoms with Gasteiger partial charge in [-0.1, -0.05) is 24.3 Å². The Kier molecular flexibility index (Phi) is 6.34. The van der Waals surface area contributed by atoms with E-state index in [1.54, 1.807) is 64.1 Å². The van der Waals surface area contributed by atoms with Crippen molar-refractivity contribution in [1.29, 1.82) is 0 Å². The highest BCUT2D eigenvalue weighted by Gasteiger charge is 2.32. The Morgan fingerprint density at radius 3 is 1.22 bits per heavy atom. The molecule has 8 heteroatoms. The molecule has 3 rings (SSSR count). The Bertz CT molecular complexity index is 1130. The lowest BCUT2D eigenvalue weighted by molar-refractivity contribution is 0.0993. The summed E-state index contributed by atoms with van der Waals surface area (Å²) in [7, 11) is 0. The van der Waals surface area contributed by atoms with E-state index in [-0.39, 0.29) is 11.4 Å². The maximum atomic E-state index is 14.7. The van der Waals surface area contributed by atoms with Crippen LogP contribution in [0.25, 0.3) is 0 Å². The summed E-state index contributed by atoms with van der Waals surface area (Å²) in [6.45, 7) is 6.76. The summed E-state index contributed by atoms with van der Waals surface area (Å²) in [5.74, 6) is -10.6. The van der Waals surface area contributed by atoms with Gasteiger partial charge in [0.05, 0.1) is 0 Å². The summed E-state index contributed by atoms with van der Waals surface area (Å²) >= 11 is 0. The van der Waals surface area contributed by atoms with Crippen LogP contribution >= 0.6 is 0 Å². The molecule has 166 valence electrons. The van der Waals surface area contributed by atoms with E-state index in [1.807, 2.05) is 0 Å². The summed E-state index contributed by atoms with van der Waals surface area (Å²) in [4.78, 5) is 24.9. The first kappa shape index (κ1) is 23.0. The van der Waals surface area contributed by atoms with E-state index >= 15 is 0 Å². The molecular formula is C24H20F4N2O2. The van der Waals surface area contributed by atoms with Crippen molar-refractivity contribution < 1.29 is 27.2 Å². The number of hydrogen-bond donors (Lipinski definition) is 2. The quantitative estimate of drug-likeness (QED) is 0.384. The number of carbonyl (C=O) groups is 2. The van der Waals surface area contributed by atoms with Gasteiger partial charge in [-0.05, 0) is 62.1 Å².